The predicted octanol–water partition coefficient (Wildman–Crippen LogP) is 3.71. The minimum Gasteiger partial charge on any atom is -0.383 e. The van der Waals surface area contributed by atoms with Gasteiger partial charge in [0.2, 0.25) is 0 Å². The van der Waals surface area contributed by atoms with Crippen molar-refractivity contribution in [1.82, 2.24) is 9.47 Å². The monoisotopic (exact) mass is 367 g/mol. The van der Waals surface area contributed by atoms with Crippen LogP contribution < -0.4 is 0 Å². The van der Waals surface area contributed by atoms with Crippen LogP contribution in [0.1, 0.15) is 18.2 Å². The van der Waals surface area contributed by atoms with E-state index in [4.69, 9.17) is 11.6 Å². The van der Waals surface area contributed by atoms with Crippen molar-refractivity contribution in [3.8, 4) is 0 Å². The van der Waals surface area contributed by atoms with Crippen molar-refractivity contribution in [3.05, 3.63) is 64.1 Å². The number of aliphatic imine (C=N–C) groups is 1. The summed E-state index contributed by atoms with van der Waals surface area (Å²) in [7, 11) is 2.13. The SMILES string of the molecule is CN1CCc2c(n(CC(C)(O)C3=C=CC=NC=C3)c3ccc(Cl)cc23)C1. The highest BCUT2D eigenvalue weighted by molar-refractivity contribution is 6.31. The molecular formula is C21H22ClN3O. The van der Waals surface area contributed by atoms with Crippen molar-refractivity contribution in [2.45, 2.75) is 32.0 Å². The highest BCUT2D eigenvalue weighted by Gasteiger charge is 2.30. The average molecular weight is 368 g/mol. The molecule has 26 heavy (non-hydrogen) atoms. The fourth-order valence-corrected chi connectivity index (χ4v) is 4.01. The number of aliphatic hydroxyl groups is 1. The summed E-state index contributed by atoms with van der Waals surface area (Å²) in [4.78, 5) is 6.40. The van der Waals surface area contributed by atoms with E-state index in [0.29, 0.717) is 6.54 Å². The fraction of sp³-hybridized carbons (Fsp3) is 0.333. The molecule has 0 radical (unpaired) electrons. The zero-order chi connectivity index (χ0) is 18.3. The van der Waals surface area contributed by atoms with Crippen LogP contribution in [0.5, 0.6) is 0 Å². The van der Waals surface area contributed by atoms with Gasteiger partial charge in [0.05, 0.1) is 6.54 Å². The van der Waals surface area contributed by atoms with Crippen LogP contribution >= 0.6 is 11.6 Å². The molecule has 1 aromatic heterocycles. The molecule has 4 nitrogen and oxygen atoms in total. The number of likely N-dealkylation sites (N-methyl/N-ethyl adjacent to an activating group) is 1. The van der Waals surface area contributed by atoms with Gasteiger partial charge in [-0.15, -0.1) is 5.73 Å². The molecular weight excluding hydrogens is 346 g/mol. The Kier molecular flexibility index (Phi) is 4.37. The summed E-state index contributed by atoms with van der Waals surface area (Å²) in [6.07, 6.45) is 7.91. The number of fused-ring (bicyclic) bond motifs is 3. The van der Waals surface area contributed by atoms with Gasteiger partial charge in [-0.1, -0.05) is 11.6 Å². The molecule has 3 heterocycles. The van der Waals surface area contributed by atoms with E-state index in [1.807, 2.05) is 25.1 Å². The molecule has 0 bridgehead atoms. The largest absolute Gasteiger partial charge is 0.383 e. The first-order valence-electron chi connectivity index (χ1n) is 8.81. The van der Waals surface area contributed by atoms with Gasteiger partial charge in [-0.05, 0) is 56.3 Å². The van der Waals surface area contributed by atoms with E-state index in [2.05, 4.69) is 33.3 Å². The second-order valence-corrected chi connectivity index (χ2v) is 7.71. The Bertz CT molecular complexity index is 990. The van der Waals surface area contributed by atoms with Crippen LogP contribution in [0.3, 0.4) is 0 Å². The molecule has 1 aromatic carbocycles. The molecule has 2 aromatic rings. The highest BCUT2D eigenvalue weighted by Crippen LogP contribution is 2.34. The lowest BCUT2D eigenvalue weighted by Gasteiger charge is -2.29. The maximum Gasteiger partial charge on any atom is 0.112 e. The van der Waals surface area contributed by atoms with Gasteiger partial charge in [-0.3, -0.25) is 4.99 Å². The first-order chi connectivity index (χ1) is 12.5. The smallest absolute Gasteiger partial charge is 0.112 e. The van der Waals surface area contributed by atoms with Gasteiger partial charge in [0, 0.05) is 52.7 Å². The number of hydrogen-bond donors (Lipinski definition) is 1. The molecule has 2 aliphatic rings. The maximum atomic E-state index is 11.2. The third-order valence-corrected chi connectivity index (χ3v) is 5.42. The second-order valence-electron chi connectivity index (χ2n) is 7.27. The Morgan fingerprint density at radius 2 is 2.23 bits per heavy atom. The molecule has 1 N–H and O–H groups in total. The normalized spacial score (nSPS) is 19.3. The van der Waals surface area contributed by atoms with E-state index in [0.717, 1.165) is 35.6 Å². The van der Waals surface area contributed by atoms with Crippen LogP contribution in [0.25, 0.3) is 10.9 Å². The Morgan fingerprint density at radius 3 is 3.08 bits per heavy atom. The van der Waals surface area contributed by atoms with E-state index in [1.165, 1.54) is 16.6 Å². The molecule has 2 aliphatic heterocycles. The third kappa shape index (κ3) is 3.06. The van der Waals surface area contributed by atoms with Gasteiger partial charge in [0.1, 0.15) is 5.60 Å². The van der Waals surface area contributed by atoms with Gasteiger partial charge in [-0.2, -0.15) is 0 Å². The predicted molar refractivity (Wildman–Crippen MR) is 107 cm³/mol. The zero-order valence-corrected chi connectivity index (χ0v) is 15.8. The highest BCUT2D eigenvalue weighted by atomic mass is 35.5. The number of nitrogens with zero attached hydrogens (tertiary/aromatic N) is 3. The minimum absolute atomic E-state index is 0.453. The quantitative estimate of drug-likeness (QED) is 0.840. The number of benzene rings is 1. The minimum atomic E-state index is -1.06. The van der Waals surface area contributed by atoms with Gasteiger partial charge >= 0.3 is 0 Å². The number of halogens is 1. The first kappa shape index (κ1) is 17.3. The summed E-state index contributed by atoms with van der Waals surface area (Å²) in [6.45, 7) is 4.18. The van der Waals surface area contributed by atoms with Crippen molar-refractivity contribution >= 4 is 28.7 Å². The number of aromatic nitrogens is 1. The average Bonchev–Trinajstić information content (AvgIpc) is 2.79. The van der Waals surface area contributed by atoms with Crippen molar-refractivity contribution in [1.29, 1.82) is 0 Å². The van der Waals surface area contributed by atoms with Crippen molar-refractivity contribution < 1.29 is 5.11 Å². The molecule has 5 heteroatoms. The molecule has 0 spiro atoms. The molecule has 0 saturated heterocycles. The van der Waals surface area contributed by atoms with Gasteiger partial charge < -0.3 is 14.6 Å². The van der Waals surface area contributed by atoms with Crippen LogP contribution in [-0.2, 0) is 19.5 Å². The number of hydrogen-bond acceptors (Lipinski definition) is 3. The first-order valence-corrected chi connectivity index (χ1v) is 9.19. The molecule has 0 aliphatic carbocycles. The second kappa shape index (κ2) is 6.57. The van der Waals surface area contributed by atoms with E-state index in [1.54, 1.807) is 18.5 Å². The molecule has 1 atom stereocenters. The number of rotatable bonds is 3. The van der Waals surface area contributed by atoms with Crippen molar-refractivity contribution in [2.75, 3.05) is 13.6 Å². The van der Waals surface area contributed by atoms with Gasteiger partial charge in [-0.25, -0.2) is 0 Å². The lowest BCUT2D eigenvalue weighted by molar-refractivity contribution is 0.0826. The molecule has 4 rings (SSSR count). The van der Waals surface area contributed by atoms with Crippen LogP contribution in [0.2, 0.25) is 5.02 Å². The van der Waals surface area contributed by atoms with E-state index in [-0.39, 0.29) is 0 Å². The Hall–Kier alpha value is -2.10. The van der Waals surface area contributed by atoms with Crippen LogP contribution in [-0.4, -0.2) is 40.0 Å². The summed E-state index contributed by atoms with van der Waals surface area (Å²) in [5.41, 5.74) is 6.53. The molecule has 0 saturated carbocycles. The van der Waals surface area contributed by atoms with Crippen LogP contribution in [0, 0.1) is 0 Å². The maximum absolute atomic E-state index is 11.2. The van der Waals surface area contributed by atoms with Gasteiger partial charge in [0.15, 0.2) is 0 Å². The standard InChI is InChI=1S/C21H22ClN3O/c1-21(26,15-4-3-9-23-10-7-15)14-25-19-6-5-16(22)12-18(19)17-8-11-24(2)13-20(17)25/h3,5-7,9-10,12,26H,8,11,13-14H2,1-2H3. The Morgan fingerprint density at radius 1 is 1.38 bits per heavy atom. The summed E-state index contributed by atoms with van der Waals surface area (Å²) < 4.78 is 2.24. The summed E-state index contributed by atoms with van der Waals surface area (Å²) in [5.74, 6) is 0. The summed E-state index contributed by atoms with van der Waals surface area (Å²) in [5, 5.41) is 13.2. The summed E-state index contributed by atoms with van der Waals surface area (Å²) >= 11 is 6.26. The summed E-state index contributed by atoms with van der Waals surface area (Å²) in [6, 6.07) is 6.02. The van der Waals surface area contributed by atoms with Crippen LogP contribution in [0.4, 0.5) is 0 Å². The van der Waals surface area contributed by atoms with E-state index in [9.17, 15) is 5.11 Å². The third-order valence-electron chi connectivity index (χ3n) is 5.18. The van der Waals surface area contributed by atoms with Gasteiger partial charge in [0.25, 0.3) is 0 Å². The van der Waals surface area contributed by atoms with E-state index >= 15 is 0 Å². The Balaban J connectivity index is 1.84. The molecule has 0 amide bonds. The molecule has 0 fully saturated rings. The molecule has 1 unspecified atom stereocenters. The lowest BCUT2D eigenvalue weighted by atomic mass is 9.95. The van der Waals surface area contributed by atoms with Crippen molar-refractivity contribution in [2.24, 2.45) is 4.99 Å². The van der Waals surface area contributed by atoms with E-state index < -0.39 is 5.60 Å². The fourth-order valence-electron chi connectivity index (χ4n) is 3.84. The Labute approximate surface area is 158 Å². The lowest BCUT2D eigenvalue weighted by Crippen LogP contribution is -2.34. The zero-order valence-electron chi connectivity index (χ0n) is 15.0. The van der Waals surface area contributed by atoms with Crippen molar-refractivity contribution in [3.63, 3.8) is 0 Å². The topological polar surface area (TPSA) is 40.8 Å². The van der Waals surface area contributed by atoms with Crippen LogP contribution in [0.15, 0.2) is 52.8 Å². The molecule has 134 valence electrons.